The largest absolute Gasteiger partial charge is 0.359 e. The van der Waals surface area contributed by atoms with Crippen LogP contribution in [0.5, 0.6) is 0 Å². The molecule has 49 heavy (non-hydrogen) atoms. The number of benzene rings is 2. The van der Waals surface area contributed by atoms with Crippen LogP contribution in [0.4, 0.5) is 5.69 Å². The molecule has 0 radical (unpaired) electrons. The Morgan fingerprint density at radius 2 is 1.65 bits per heavy atom. The molecule has 7 rings (SSSR count). The molecule has 4 fully saturated rings. The Morgan fingerprint density at radius 1 is 0.939 bits per heavy atom. The molecular formula is C38H47Cl2N5O4. The summed E-state index contributed by atoms with van der Waals surface area (Å²) in [7, 11) is 0. The van der Waals surface area contributed by atoms with E-state index in [-0.39, 0.29) is 23.8 Å². The summed E-state index contributed by atoms with van der Waals surface area (Å²) in [5.41, 5.74) is 0.569. The van der Waals surface area contributed by atoms with Crippen molar-refractivity contribution in [2.45, 2.75) is 69.9 Å². The van der Waals surface area contributed by atoms with E-state index in [0.717, 1.165) is 65.0 Å². The van der Waals surface area contributed by atoms with Crippen LogP contribution < -0.4 is 10.6 Å². The van der Waals surface area contributed by atoms with Gasteiger partial charge >= 0.3 is 0 Å². The number of ether oxygens (including phenoxy) is 1. The fourth-order valence-corrected chi connectivity index (χ4v) is 9.41. The summed E-state index contributed by atoms with van der Waals surface area (Å²) in [6, 6.07) is 14.6. The van der Waals surface area contributed by atoms with E-state index in [1.165, 1.54) is 5.56 Å². The molecule has 11 heteroatoms. The lowest BCUT2D eigenvalue weighted by Crippen LogP contribution is -2.58. The first-order valence-corrected chi connectivity index (χ1v) is 18.6. The number of hydrogen-bond acceptors (Lipinski definition) is 6. The number of fused-ring (bicyclic) bond motifs is 1. The van der Waals surface area contributed by atoms with Gasteiger partial charge in [0.15, 0.2) is 0 Å². The molecule has 3 saturated heterocycles. The number of amides is 3. The summed E-state index contributed by atoms with van der Waals surface area (Å²) in [6.07, 6.45) is 6.96. The highest BCUT2D eigenvalue weighted by atomic mass is 35.5. The average molecular weight is 709 g/mol. The number of piperazine rings is 1. The van der Waals surface area contributed by atoms with Crippen molar-refractivity contribution in [2.75, 3.05) is 44.6 Å². The second-order valence-corrected chi connectivity index (χ2v) is 15.6. The van der Waals surface area contributed by atoms with Crippen molar-refractivity contribution in [3.63, 3.8) is 0 Å². The van der Waals surface area contributed by atoms with E-state index in [1.807, 2.05) is 18.2 Å². The molecule has 2 aromatic carbocycles. The summed E-state index contributed by atoms with van der Waals surface area (Å²) in [6.45, 7) is 10.5. The van der Waals surface area contributed by atoms with E-state index in [4.69, 9.17) is 27.9 Å². The molecule has 2 N–H and O–H groups in total. The van der Waals surface area contributed by atoms with E-state index in [0.29, 0.717) is 34.1 Å². The minimum atomic E-state index is -1.20. The number of hydrogen-bond donors (Lipinski definition) is 2. The standard InChI is InChI=1S/C38H47Cl2N5O4/c1-24-8-6-11-30(25(24)2)42-36(47)34-38-13-12-31(49-38)32(35(46)41-29-21-27(39)20-28(40)22-29)33(38)37(48)45(34)15-7-14-43-16-18-44(19-17-43)23-26-9-4-3-5-10-26/h3-5,9-10,12-13,20-22,24-25,30-34H,6-8,11,14-19,23H2,1-2H3,(H,41,46)(H,42,47)/t24-,25+,30+,31-,32-,33-,34+,38+/m1/s1. The molecule has 2 aromatic rings. The zero-order valence-electron chi connectivity index (χ0n) is 28.3. The van der Waals surface area contributed by atoms with E-state index >= 15 is 0 Å². The number of halogens is 2. The predicted molar refractivity (Wildman–Crippen MR) is 191 cm³/mol. The lowest BCUT2D eigenvalue weighted by molar-refractivity contribution is -0.141. The molecule has 0 aromatic heterocycles. The number of carbonyl (C=O) groups is 3. The van der Waals surface area contributed by atoms with Gasteiger partial charge in [-0.15, -0.1) is 0 Å². The molecule has 5 aliphatic rings. The maximum Gasteiger partial charge on any atom is 0.246 e. The highest BCUT2D eigenvalue weighted by Gasteiger charge is 2.72. The molecule has 3 amide bonds. The fraction of sp³-hybridized carbons (Fsp3) is 0.553. The van der Waals surface area contributed by atoms with Crippen LogP contribution >= 0.6 is 23.2 Å². The Balaban J connectivity index is 1.06. The SMILES string of the molecule is C[C@H]1[C@H](C)CCC[C@@H]1NC(=O)[C@@H]1N(CCCN2CCN(Cc3ccccc3)CC2)C(=O)[C@H]2[C@H](C(=O)Nc3cc(Cl)cc(Cl)c3)[C@H]3C=C[C@@]12O3. The molecule has 1 saturated carbocycles. The van der Waals surface area contributed by atoms with Crippen molar-refractivity contribution >= 4 is 46.6 Å². The molecule has 4 aliphatic heterocycles. The van der Waals surface area contributed by atoms with Gasteiger partial charge in [-0.3, -0.25) is 19.3 Å². The minimum Gasteiger partial charge on any atom is -0.359 e. The van der Waals surface area contributed by atoms with Crippen LogP contribution in [0.25, 0.3) is 0 Å². The van der Waals surface area contributed by atoms with Gasteiger partial charge < -0.3 is 25.2 Å². The third-order valence-corrected chi connectivity index (χ3v) is 12.1. The van der Waals surface area contributed by atoms with E-state index in [9.17, 15) is 14.4 Å². The van der Waals surface area contributed by atoms with E-state index in [1.54, 1.807) is 23.1 Å². The molecule has 4 heterocycles. The molecule has 1 spiro atoms. The number of rotatable bonds is 10. The number of likely N-dealkylation sites (tertiary alicyclic amines) is 1. The Kier molecular flexibility index (Phi) is 10.1. The number of anilines is 1. The second-order valence-electron chi connectivity index (χ2n) is 14.7. The molecule has 0 unspecified atom stereocenters. The van der Waals surface area contributed by atoms with Crippen LogP contribution in [-0.2, 0) is 25.7 Å². The normalized spacial score (nSPS) is 32.8. The highest BCUT2D eigenvalue weighted by Crippen LogP contribution is 2.55. The maximum absolute atomic E-state index is 14.5. The molecule has 262 valence electrons. The second kappa shape index (κ2) is 14.3. The summed E-state index contributed by atoms with van der Waals surface area (Å²) in [5, 5.41) is 7.06. The monoisotopic (exact) mass is 707 g/mol. The Hall–Kier alpha value is -2.95. The van der Waals surface area contributed by atoms with Gasteiger partial charge in [-0.05, 0) is 55.0 Å². The highest BCUT2D eigenvalue weighted by molar-refractivity contribution is 6.35. The first-order valence-electron chi connectivity index (χ1n) is 17.9. The van der Waals surface area contributed by atoms with E-state index < -0.39 is 29.6 Å². The lowest BCUT2D eigenvalue weighted by Gasteiger charge is -2.38. The molecular weight excluding hydrogens is 661 g/mol. The fourth-order valence-electron chi connectivity index (χ4n) is 8.88. The van der Waals surface area contributed by atoms with Crippen molar-refractivity contribution in [3.8, 4) is 0 Å². The zero-order valence-corrected chi connectivity index (χ0v) is 29.8. The number of nitrogens with zero attached hydrogens (tertiary/aromatic N) is 3. The third-order valence-electron chi connectivity index (χ3n) is 11.7. The molecule has 2 bridgehead atoms. The van der Waals surface area contributed by atoms with Gasteiger partial charge in [-0.1, -0.05) is 92.4 Å². The van der Waals surface area contributed by atoms with Crippen molar-refractivity contribution < 1.29 is 19.1 Å². The summed E-state index contributed by atoms with van der Waals surface area (Å²) < 4.78 is 6.57. The quantitative estimate of drug-likeness (QED) is 0.329. The molecule has 8 atom stereocenters. The predicted octanol–water partition coefficient (Wildman–Crippen LogP) is 5.23. The van der Waals surface area contributed by atoms with Crippen LogP contribution in [0.3, 0.4) is 0 Å². The number of nitrogens with one attached hydrogen (secondary N) is 2. The maximum atomic E-state index is 14.5. The zero-order chi connectivity index (χ0) is 34.3. The van der Waals surface area contributed by atoms with Gasteiger partial charge in [0.2, 0.25) is 17.7 Å². The minimum absolute atomic E-state index is 0.0325. The van der Waals surface area contributed by atoms with Crippen molar-refractivity contribution in [1.82, 2.24) is 20.0 Å². The number of carbonyl (C=O) groups excluding carboxylic acids is 3. The summed E-state index contributed by atoms with van der Waals surface area (Å²) in [4.78, 5) is 49.3. The summed E-state index contributed by atoms with van der Waals surface area (Å²) >= 11 is 12.4. The van der Waals surface area contributed by atoms with Crippen LogP contribution in [0.15, 0.2) is 60.7 Å². The molecule has 1 aliphatic carbocycles. The Labute approximate surface area is 299 Å². The van der Waals surface area contributed by atoms with Gasteiger partial charge in [0, 0.05) is 61.0 Å². The molecule has 9 nitrogen and oxygen atoms in total. The average Bonchev–Trinajstić information content (AvgIpc) is 3.71. The van der Waals surface area contributed by atoms with Crippen molar-refractivity contribution in [1.29, 1.82) is 0 Å². The van der Waals surface area contributed by atoms with Crippen LogP contribution in [0, 0.1) is 23.7 Å². The summed E-state index contributed by atoms with van der Waals surface area (Å²) in [5.74, 6) is -1.50. The Morgan fingerprint density at radius 3 is 2.39 bits per heavy atom. The van der Waals surface area contributed by atoms with Crippen molar-refractivity contribution in [2.24, 2.45) is 23.7 Å². The van der Waals surface area contributed by atoms with E-state index in [2.05, 4.69) is 58.5 Å². The van der Waals surface area contributed by atoms with Crippen LogP contribution in [0.1, 0.15) is 45.1 Å². The van der Waals surface area contributed by atoms with Crippen LogP contribution in [-0.4, -0.2) is 95.5 Å². The van der Waals surface area contributed by atoms with Crippen LogP contribution in [0.2, 0.25) is 10.0 Å². The third kappa shape index (κ3) is 6.89. The van der Waals surface area contributed by atoms with Gasteiger partial charge in [-0.25, -0.2) is 0 Å². The lowest BCUT2D eigenvalue weighted by atomic mass is 9.73. The van der Waals surface area contributed by atoms with Gasteiger partial charge in [0.25, 0.3) is 0 Å². The van der Waals surface area contributed by atoms with Gasteiger partial charge in [0.05, 0.1) is 17.9 Å². The topological polar surface area (TPSA) is 94.2 Å². The Bertz CT molecular complexity index is 1560. The van der Waals surface area contributed by atoms with Crippen molar-refractivity contribution in [3.05, 3.63) is 76.3 Å². The van der Waals surface area contributed by atoms with Gasteiger partial charge in [0.1, 0.15) is 11.6 Å². The first-order chi connectivity index (χ1) is 23.6. The first kappa shape index (κ1) is 34.5. The van der Waals surface area contributed by atoms with Gasteiger partial charge in [-0.2, -0.15) is 0 Å². The smallest absolute Gasteiger partial charge is 0.246 e.